The molecule has 0 saturated carbocycles. The Morgan fingerprint density at radius 2 is 1.96 bits per heavy atom. The summed E-state index contributed by atoms with van der Waals surface area (Å²) in [6, 6.07) is 0. The van der Waals surface area contributed by atoms with Crippen LogP contribution in [-0.4, -0.2) is 56.3 Å². The number of nitrogens with one attached hydrogen (secondary N) is 2. The third-order valence-electron chi connectivity index (χ3n) is 4.52. The lowest BCUT2D eigenvalue weighted by Gasteiger charge is -2.30. The van der Waals surface area contributed by atoms with Crippen LogP contribution in [0.1, 0.15) is 36.8 Å². The van der Waals surface area contributed by atoms with E-state index in [0.29, 0.717) is 25.6 Å². The van der Waals surface area contributed by atoms with Crippen LogP contribution >= 0.6 is 24.0 Å². The number of aliphatic imine (C=N–C) groups is 1. The van der Waals surface area contributed by atoms with Gasteiger partial charge in [-0.15, -0.1) is 24.0 Å². The van der Waals surface area contributed by atoms with Crippen LogP contribution in [0.2, 0.25) is 0 Å². The maximum Gasteiger partial charge on any atom is 0.211 e. The van der Waals surface area contributed by atoms with Gasteiger partial charge in [0.15, 0.2) is 5.96 Å². The van der Waals surface area contributed by atoms with Crippen LogP contribution in [-0.2, 0) is 16.6 Å². The van der Waals surface area contributed by atoms with Crippen molar-refractivity contribution in [3.05, 3.63) is 17.0 Å². The number of nitrogens with zero attached hydrogens (tertiary/aromatic N) is 3. The predicted molar refractivity (Wildman–Crippen MR) is 113 cm³/mol. The van der Waals surface area contributed by atoms with Crippen molar-refractivity contribution in [1.29, 1.82) is 0 Å². The highest BCUT2D eigenvalue weighted by atomic mass is 127. The van der Waals surface area contributed by atoms with E-state index in [-0.39, 0.29) is 24.0 Å². The number of guanidine groups is 1. The number of halogens is 1. The SMILES string of the molecule is CCNC(=NCc1c(C)noc1C)NCC1CCN(S(C)(=O)=O)CC1.I. The number of hydrogen-bond donors (Lipinski definition) is 2. The van der Waals surface area contributed by atoms with Gasteiger partial charge in [0.1, 0.15) is 5.76 Å². The normalized spacial score (nSPS) is 17.0. The molecular formula is C16H30IN5O3S. The van der Waals surface area contributed by atoms with E-state index in [2.05, 4.69) is 20.8 Å². The van der Waals surface area contributed by atoms with Gasteiger partial charge in [0.2, 0.25) is 10.0 Å². The summed E-state index contributed by atoms with van der Waals surface area (Å²) in [7, 11) is -3.07. The molecule has 8 nitrogen and oxygen atoms in total. The summed E-state index contributed by atoms with van der Waals surface area (Å²) in [6.07, 6.45) is 3.00. The van der Waals surface area contributed by atoms with Crippen LogP contribution in [0.3, 0.4) is 0 Å². The maximum absolute atomic E-state index is 11.6. The Kier molecular flexibility index (Phi) is 9.31. The molecule has 1 saturated heterocycles. The summed E-state index contributed by atoms with van der Waals surface area (Å²) in [5.41, 5.74) is 1.88. The van der Waals surface area contributed by atoms with Crippen molar-refractivity contribution < 1.29 is 12.9 Å². The van der Waals surface area contributed by atoms with Crippen molar-refractivity contribution in [1.82, 2.24) is 20.1 Å². The number of aryl methyl sites for hydroxylation is 2. The largest absolute Gasteiger partial charge is 0.361 e. The standard InChI is InChI=1S/C16H29N5O3S.HI/c1-5-17-16(19-11-15-12(2)20-24-13(15)3)18-10-14-6-8-21(9-7-14)25(4,22)23;/h14H,5-11H2,1-4H3,(H2,17,18,19);1H. The third kappa shape index (κ3) is 6.69. The van der Waals surface area contributed by atoms with Gasteiger partial charge in [-0.05, 0) is 39.5 Å². The highest BCUT2D eigenvalue weighted by Gasteiger charge is 2.24. The Bertz CT molecular complexity index is 677. The topological polar surface area (TPSA) is 99.8 Å². The molecule has 2 N–H and O–H groups in total. The predicted octanol–water partition coefficient (Wildman–Crippen LogP) is 1.64. The summed E-state index contributed by atoms with van der Waals surface area (Å²) in [5, 5.41) is 10.6. The maximum atomic E-state index is 11.6. The molecule has 1 fully saturated rings. The molecule has 0 aliphatic carbocycles. The molecule has 1 aliphatic rings. The quantitative estimate of drug-likeness (QED) is 0.351. The first-order valence-corrected chi connectivity index (χ1v) is 10.5. The van der Waals surface area contributed by atoms with Crippen LogP contribution < -0.4 is 10.6 Å². The van der Waals surface area contributed by atoms with E-state index in [1.165, 1.54) is 6.26 Å². The third-order valence-corrected chi connectivity index (χ3v) is 5.82. The lowest BCUT2D eigenvalue weighted by molar-refractivity contribution is 0.275. The lowest BCUT2D eigenvalue weighted by atomic mass is 9.98. The van der Waals surface area contributed by atoms with E-state index in [1.807, 2.05) is 20.8 Å². The fourth-order valence-electron chi connectivity index (χ4n) is 2.91. The highest BCUT2D eigenvalue weighted by Crippen LogP contribution is 2.18. The van der Waals surface area contributed by atoms with Crippen LogP contribution in [0.4, 0.5) is 0 Å². The number of aromatic nitrogens is 1. The summed E-state index contributed by atoms with van der Waals surface area (Å²) >= 11 is 0. The van der Waals surface area contributed by atoms with Gasteiger partial charge >= 0.3 is 0 Å². The van der Waals surface area contributed by atoms with Crippen molar-refractivity contribution >= 4 is 40.0 Å². The smallest absolute Gasteiger partial charge is 0.211 e. The van der Waals surface area contributed by atoms with Crippen molar-refractivity contribution in [2.75, 3.05) is 32.4 Å². The van der Waals surface area contributed by atoms with E-state index in [4.69, 9.17) is 4.52 Å². The zero-order valence-corrected chi connectivity index (χ0v) is 19.1. The fourth-order valence-corrected chi connectivity index (χ4v) is 3.79. The summed E-state index contributed by atoms with van der Waals surface area (Å²) in [4.78, 5) is 4.60. The number of piperidine rings is 1. The van der Waals surface area contributed by atoms with Crippen molar-refractivity contribution in [2.24, 2.45) is 10.9 Å². The molecule has 0 spiro atoms. The molecule has 10 heteroatoms. The molecule has 1 aliphatic heterocycles. The molecule has 26 heavy (non-hydrogen) atoms. The van der Waals surface area contributed by atoms with Gasteiger partial charge in [-0.3, -0.25) is 0 Å². The van der Waals surface area contributed by atoms with E-state index in [0.717, 1.165) is 48.9 Å². The van der Waals surface area contributed by atoms with Crippen LogP contribution in [0.5, 0.6) is 0 Å². The minimum atomic E-state index is -3.07. The number of hydrogen-bond acceptors (Lipinski definition) is 5. The fraction of sp³-hybridized carbons (Fsp3) is 0.750. The second-order valence-corrected chi connectivity index (χ2v) is 8.47. The molecule has 150 valence electrons. The Morgan fingerprint density at radius 1 is 1.31 bits per heavy atom. The average Bonchev–Trinajstić information content (AvgIpc) is 2.88. The Labute approximate surface area is 173 Å². The minimum absolute atomic E-state index is 0. The molecule has 0 bridgehead atoms. The van der Waals surface area contributed by atoms with Gasteiger partial charge in [0.25, 0.3) is 0 Å². The van der Waals surface area contributed by atoms with Crippen molar-refractivity contribution in [3.8, 4) is 0 Å². The Balaban J connectivity index is 0.00000338. The second-order valence-electron chi connectivity index (χ2n) is 6.48. The Hall–Kier alpha value is -0.880. The Morgan fingerprint density at radius 3 is 2.46 bits per heavy atom. The van der Waals surface area contributed by atoms with Crippen molar-refractivity contribution in [3.63, 3.8) is 0 Å². The molecule has 0 unspecified atom stereocenters. The number of sulfonamides is 1. The molecule has 2 heterocycles. The van der Waals surface area contributed by atoms with Crippen LogP contribution in [0.25, 0.3) is 0 Å². The van der Waals surface area contributed by atoms with Gasteiger partial charge in [0, 0.05) is 31.7 Å². The number of rotatable bonds is 6. The summed E-state index contributed by atoms with van der Waals surface area (Å²) < 4.78 is 29.9. The second kappa shape index (κ2) is 10.5. The van der Waals surface area contributed by atoms with Crippen molar-refractivity contribution in [2.45, 2.75) is 40.2 Å². The highest BCUT2D eigenvalue weighted by molar-refractivity contribution is 14.0. The minimum Gasteiger partial charge on any atom is -0.361 e. The average molecular weight is 499 g/mol. The molecule has 0 atom stereocenters. The zero-order chi connectivity index (χ0) is 18.4. The molecule has 0 amide bonds. The summed E-state index contributed by atoms with van der Waals surface area (Å²) in [6.45, 7) is 9.10. The van der Waals surface area contributed by atoms with Gasteiger partial charge < -0.3 is 15.2 Å². The van der Waals surface area contributed by atoms with E-state index >= 15 is 0 Å². The van der Waals surface area contributed by atoms with Gasteiger partial charge in [-0.25, -0.2) is 17.7 Å². The molecular weight excluding hydrogens is 469 g/mol. The van der Waals surface area contributed by atoms with Crippen LogP contribution in [0.15, 0.2) is 9.52 Å². The van der Waals surface area contributed by atoms with Gasteiger partial charge in [0.05, 0.1) is 18.5 Å². The molecule has 0 aromatic carbocycles. The van der Waals surface area contributed by atoms with Gasteiger partial charge in [-0.2, -0.15) is 0 Å². The lowest BCUT2D eigenvalue weighted by Crippen LogP contribution is -2.44. The monoisotopic (exact) mass is 499 g/mol. The molecule has 1 aromatic rings. The van der Waals surface area contributed by atoms with E-state index < -0.39 is 10.0 Å². The molecule has 0 radical (unpaired) electrons. The first kappa shape index (κ1) is 23.2. The summed E-state index contributed by atoms with van der Waals surface area (Å²) in [5.74, 6) is 2.00. The first-order valence-electron chi connectivity index (χ1n) is 8.70. The zero-order valence-electron chi connectivity index (χ0n) is 15.9. The van der Waals surface area contributed by atoms with E-state index in [9.17, 15) is 8.42 Å². The first-order chi connectivity index (χ1) is 11.8. The van der Waals surface area contributed by atoms with Gasteiger partial charge in [-0.1, -0.05) is 5.16 Å². The van der Waals surface area contributed by atoms with E-state index in [1.54, 1.807) is 4.31 Å². The van der Waals surface area contributed by atoms with Crippen LogP contribution in [0, 0.1) is 19.8 Å². The molecule has 1 aromatic heterocycles. The molecule has 2 rings (SSSR count).